The number of aromatic hydroxyl groups is 1. The first-order valence-electron chi connectivity index (χ1n) is 9.43. The molecule has 0 aliphatic carbocycles. The summed E-state index contributed by atoms with van der Waals surface area (Å²) in [5.41, 5.74) is 0.939. The highest BCUT2D eigenvalue weighted by Gasteiger charge is 2.39. The van der Waals surface area contributed by atoms with Crippen LogP contribution in [-0.2, 0) is 4.79 Å². The number of carbonyl (C=O) groups excluding carboxylic acids is 1. The minimum atomic E-state index is -0.791. The molecule has 2 aliphatic heterocycles. The Morgan fingerprint density at radius 3 is 2.83 bits per heavy atom. The Morgan fingerprint density at radius 1 is 1.27 bits per heavy atom. The minimum Gasteiger partial charge on any atom is -0.507 e. The number of fused-ring (bicyclic) bond motifs is 5. The zero-order chi connectivity index (χ0) is 21.2. The van der Waals surface area contributed by atoms with Gasteiger partial charge in [0.05, 0.1) is 33.7 Å². The number of benzene rings is 2. The summed E-state index contributed by atoms with van der Waals surface area (Å²) in [7, 11) is 1.66. The number of hydrogen-bond acceptors (Lipinski definition) is 5. The molecule has 2 aliphatic rings. The van der Waals surface area contributed by atoms with Crippen molar-refractivity contribution < 1.29 is 18.7 Å². The number of phenolic OH excluding ortho intramolecular Hbond substituents is 1. The molecule has 1 amide bonds. The van der Waals surface area contributed by atoms with Crippen molar-refractivity contribution in [2.45, 2.75) is 6.04 Å². The molecule has 9 heteroatoms. The standard InChI is InChI=1S/C21H17ClF2N4O2/c1-27-13-9-26-19-10(20(13)28-6-5-25-8-14(28)21(27)30)7-12(24)17(18(19)22)16-11(23)3-2-4-15(16)29/h2-4,7,9,14,25,29H,5-6,8H2,1H3/t14-/m1/s1. The number of aromatic nitrogens is 1. The fourth-order valence-corrected chi connectivity index (χ4v) is 4.65. The van der Waals surface area contributed by atoms with Gasteiger partial charge in [-0.2, -0.15) is 0 Å². The van der Waals surface area contributed by atoms with Gasteiger partial charge in [0.15, 0.2) is 0 Å². The predicted molar refractivity (Wildman–Crippen MR) is 111 cm³/mol. The zero-order valence-electron chi connectivity index (χ0n) is 15.9. The molecule has 1 saturated heterocycles. The molecule has 1 fully saturated rings. The highest BCUT2D eigenvalue weighted by molar-refractivity contribution is 6.38. The summed E-state index contributed by atoms with van der Waals surface area (Å²) >= 11 is 6.52. The van der Waals surface area contributed by atoms with Gasteiger partial charge in [-0.1, -0.05) is 17.7 Å². The number of halogens is 3. The van der Waals surface area contributed by atoms with Crippen molar-refractivity contribution >= 4 is 39.8 Å². The first-order chi connectivity index (χ1) is 14.4. The topological polar surface area (TPSA) is 68.7 Å². The number of rotatable bonds is 1. The van der Waals surface area contributed by atoms with Crippen molar-refractivity contribution in [3.63, 3.8) is 0 Å². The number of anilines is 2. The van der Waals surface area contributed by atoms with Crippen molar-refractivity contribution in [3.8, 4) is 16.9 Å². The highest BCUT2D eigenvalue weighted by atomic mass is 35.5. The second-order valence-electron chi connectivity index (χ2n) is 7.38. The van der Waals surface area contributed by atoms with Gasteiger partial charge in [0.2, 0.25) is 0 Å². The van der Waals surface area contributed by atoms with Crippen LogP contribution in [0.15, 0.2) is 30.5 Å². The normalized spacial score (nSPS) is 18.5. The Kier molecular flexibility index (Phi) is 4.30. The lowest BCUT2D eigenvalue weighted by Crippen LogP contribution is -2.61. The van der Waals surface area contributed by atoms with Crippen LogP contribution < -0.4 is 15.1 Å². The van der Waals surface area contributed by atoms with Crippen LogP contribution in [0.25, 0.3) is 22.0 Å². The Balaban J connectivity index is 1.82. The molecular formula is C21H17ClF2N4O2. The molecule has 5 rings (SSSR count). The number of carbonyl (C=O) groups is 1. The molecule has 0 bridgehead atoms. The van der Waals surface area contributed by atoms with Crippen LogP contribution in [0.5, 0.6) is 5.75 Å². The summed E-state index contributed by atoms with van der Waals surface area (Å²) in [4.78, 5) is 20.6. The molecule has 6 nitrogen and oxygen atoms in total. The second-order valence-corrected chi connectivity index (χ2v) is 7.76. The van der Waals surface area contributed by atoms with Crippen LogP contribution >= 0.6 is 11.6 Å². The largest absolute Gasteiger partial charge is 0.507 e. The molecular weight excluding hydrogens is 414 g/mol. The number of hydrogen-bond donors (Lipinski definition) is 2. The van der Waals surface area contributed by atoms with Crippen LogP contribution in [-0.4, -0.2) is 48.7 Å². The Morgan fingerprint density at radius 2 is 2.07 bits per heavy atom. The number of amides is 1. The van der Waals surface area contributed by atoms with Crippen LogP contribution in [0.3, 0.4) is 0 Å². The van der Waals surface area contributed by atoms with Crippen LogP contribution in [0.1, 0.15) is 0 Å². The number of likely N-dealkylation sites (N-methyl/N-ethyl adjacent to an activating group) is 1. The molecule has 3 aromatic rings. The summed E-state index contributed by atoms with van der Waals surface area (Å²) in [5, 5.41) is 13.7. The van der Waals surface area contributed by atoms with Gasteiger partial charge in [-0.3, -0.25) is 9.78 Å². The smallest absolute Gasteiger partial charge is 0.250 e. The lowest BCUT2D eigenvalue weighted by molar-refractivity contribution is -0.120. The zero-order valence-corrected chi connectivity index (χ0v) is 16.7. The molecule has 0 unspecified atom stereocenters. The Labute approximate surface area is 175 Å². The molecule has 0 spiro atoms. The van der Waals surface area contributed by atoms with Gasteiger partial charge in [0.1, 0.15) is 23.4 Å². The molecule has 1 aromatic heterocycles. The number of phenols is 1. The van der Waals surface area contributed by atoms with Gasteiger partial charge in [-0.05, 0) is 18.2 Å². The maximum Gasteiger partial charge on any atom is 0.250 e. The molecule has 1 atom stereocenters. The van der Waals surface area contributed by atoms with Crippen LogP contribution in [0, 0.1) is 11.6 Å². The quantitative estimate of drug-likeness (QED) is 0.620. The van der Waals surface area contributed by atoms with E-state index in [4.69, 9.17) is 11.6 Å². The average molecular weight is 431 g/mol. The average Bonchev–Trinajstić information content (AvgIpc) is 2.73. The third-order valence-corrected chi connectivity index (χ3v) is 6.12. The van der Waals surface area contributed by atoms with Crippen molar-refractivity contribution in [2.75, 3.05) is 36.5 Å². The van der Waals surface area contributed by atoms with E-state index < -0.39 is 23.4 Å². The molecule has 154 valence electrons. The van der Waals surface area contributed by atoms with Crippen molar-refractivity contribution in [1.29, 1.82) is 0 Å². The van der Waals surface area contributed by atoms with E-state index in [1.165, 1.54) is 29.3 Å². The SMILES string of the molecule is CN1C(=O)[C@H]2CNCCN2c2c1cnc1c(Cl)c(-c3c(O)cccc3F)c(F)cc21. The molecule has 2 N–H and O–H groups in total. The monoisotopic (exact) mass is 430 g/mol. The van der Waals surface area contributed by atoms with Crippen LogP contribution in [0.2, 0.25) is 5.02 Å². The van der Waals surface area contributed by atoms with Crippen molar-refractivity contribution in [1.82, 2.24) is 10.3 Å². The van der Waals surface area contributed by atoms with E-state index in [0.717, 1.165) is 6.07 Å². The van der Waals surface area contributed by atoms with E-state index in [1.807, 2.05) is 4.90 Å². The number of nitrogens with zero attached hydrogens (tertiary/aromatic N) is 3. The van der Waals surface area contributed by atoms with Crippen molar-refractivity contribution in [3.05, 3.63) is 47.1 Å². The number of piperazine rings is 1. The molecule has 3 heterocycles. The summed E-state index contributed by atoms with van der Waals surface area (Å²) in [6, 6.07) is 4.55. The summed E-state index contributed by atoms with van der Waals surface area (Å²) < 4.78 is 29.7. The lowest BCUT2D eigenvalue weighted by Gasteiger charge is -2.44. The first kappa shape index (κ1) is 19.0. The van der Waals surface area contributed by atoms with Gasteiger partial charge in [0.25, 0.3) is 5.91 Å². The highest BCUT2D eigenvalue weighted by Crippen LogP contribution is 2.46. The fraction of sp³-hybridized carbons (Fsp3) is 0.238. The van der Waals surface area contributed by atoms with Crippen molar-refractivity contribution in [2.24, 2.45) is 0 Å². The molecule has 30 heavy (non-hydrogen) atoms. The third-order valence-electron chi connectivity index (χ3n) is 5.76. The molecule has 0 saturated carbocycles. The van der Waals surface area contributed by atoms with E-state index in [0.29, 0.717) is 36.4 Å². The molecule has 0 radical (unpaired) electrons. The molecule has 2 aromatic carbocycles. The maximum absolute atomic E-state index is 15.3. The van der Waals surface area contributed by atoms with E-state index in [2.05, 4.69) is 10.3 Å². The maximum atomic E-state index is 15.3. The minimum absolute atomic E-state index is 0.0738. The van der Waals surface area contributed by atoms with Crippen LogP contribution in [0.4, 0.5) is 20.2 Å². The summed E-state index contributed by atoms with van der Waals surface area (Å²) in [6.45, 7) is 1.71. The fourth-order valence-electron chi connectivity index (χ4n) is 4.31. The predicted octanol–water partition coefficient (Wildman–Crippen LogP) is 3.29. The number of nitrogens with one attached hydrogen (secondary N) is 1. The van der Waals surface area contributed by atoms with E-state index >= 15 is 4.39 Å². The lowest BCUT2D eigenvalue weighted by atomic mass is 9.97. The van der Waals surface area contributed by atoms with Gasteiger partial charge < -0.3 is 20.2 Å². The summed E-state index contributed by atoms with van der Waals surface area (Å²) in [6.07, 6.45) is 1.52. The first-order valence-corrected chi connectivity index (χ1v) is 9.81. The van der Waals surface area contributed by atoms with E-state index in [-0.39, 0.29) is 27.6 Å². The second kappa shape index (κ2) is 6.78. The third kappa shape index (κ3) is 2.57. The number of pyridine rings is 1. The van der Waals surface area contributed by atoms with E-state index in [9.17, 15) is 14.3 Å². The Bertz CT molecular complexity index is 1200. The van der Waals surface area contributed by atoms with E-state index in [1.54, 1.807) is 7.05 Å². The summed E-state index contributed by atoms with van der Waals surface area (Å²) in [5.74, 6) is -2.06. The van der Waals surface area contributed by atoms with Gasteiger partial charge in [0, 0.05) is 37.6 Å². The van der Waals surface area contributed by atoms with Gasteiger partial charge in [-0.15, -0.1) is 0 Å². The van der Waals surface area contributed by atoms with Gasteiger partial charge in [-0.25, -0.2) is 8.78 Å². The Hall–Kier alpha value is -2.97. The van der Waals surface area contributed by atoms with Gasteiger partial charge >= 0.3 is 0 Å².